The minimum absolute atomic E-state index is 0. The number of carboxylic acid groups (broad SMARTS) is 2. The van der Waals surface area contributed by atoms with Crippen LogP contribution in [0.15, 0.2) is 30.3 Å². The monoisotopic (exact) mass is 410 g/mol. The van der Waals surface area contributed by atoms with Crippen LogP contribution in [0, 0.1) is 0 Å². The third-order valence-corrected chi connectivity index (χ3v) is 4.62. The van der Waals surface area contributed by atoms with E-state index in [2.05, 4.69) is 6.92 Å². The quantitative estimate of drug-likeness (QED) is 0.191. The molecule has 0 amide bonds. The Bertz CT molecular complexity index is 492. The van der Waals surface area contributed by atoms with Crippen molar-refractivity contribution in [3.8, 4) is 0 Å². The number of carbonyl (C=O) groups excluding carboxylic acids is 2. The van der Waals surface area contributed by atoms with Crippen LogP contribution in [-0.2, 0) is 15.0 Å². The van der Waals surface area contributed by atoms with Crippen LogP contribution in [0.25, 0.3) is 0 Å². The molecule has 0 aliphatic carbocycles. The molecule has 6 heteroatoms. The average molecular weight is 411 g/mol. The van der Waals surface area contributed by atoms with Crippen LogP contribution >= 0.6 is 0 Å². The van der Waals surface area contributed by atoms with Crippen LogP contribution in [-0.4, -0.2) is 11.9 Å². The van der Waals surface area contributed by atoms with Gasteiger partial charge in [0, 0.05) is 0 Å². The summed E-state index contributed by atoms with van der Waals surface area (Å²) in [5.41, 5.74) is -1.83. The van der Waals surface area contributed by atoms with Gasteiger partial charge in [0.25, 0.3) is 0 Å². The molecule has 0 unspecified atom stereocenters. The van der Waals surface area contributed by atoms with Gasteiger partial charge < -0.3 is 19.8 Å². The standard InChI is InChI=1S/C20H30O4.2K/c1-2-3-4-5-6-7-8-9-13-16-20(18(21)22,19(23)24)17-14-11-10-12-15-17;;/h10-12,14-15H,2-9,13,16H2,1H3,(H,21,22)(H,23,24);;/q;2*+1/p-2. The average Bonchev–Trinajstić information content (AvgIpc) is 2.57. The minimum atomic E-state index is -2.05. The topological polar surface area (TPSA) is 80.3 Å². The number of unbranched alkanes of at least 4 members (excludes halogenated alkanes) is 8. The molecule has 0 heterocycles. The maximum absolute atomic E-state index is 11.6. The van der Waals surface area contributed by atoms with E-state index >= 15 is 0 Å². The molecule has 1 aromatic rings. The second-order valence-corrected chi connectivity index (χ2v) is 6.42. The largest absolute Gasteiger partial charge is 1.00 e. The van der Waals surface area contributed by atoms with Crippen molar-refractivity contribution < 1.29 is 123 Å². The van der Waals surface area contributed by atoms with E-state index in [1.54, 1.807) is 18.2 Å². The van der Waals surface area contributed by atoms with Gasteiger partial charge in [0.1, 0.15) is 0 Å². The predicted octanol–water partition coefficient (Wildman–Crippen LogP) is -3.65. The van der Waals surface area contributed by atoms with E-state index < -0.39 is 17.4 Å². The van der Waals surface area contributed by atoms with E-state index in [1.807, 2.05) is 0 Å². The van der Waals surface area contributed by atoms with Gasteiger partial charge in [-0.2, -0.15) is 0 Å². The molecule has 0 spiro atoms. The van der Waals surface area contributed by atoms with Crippen molar-refractivity contribution in [2.45, 2.75) is 76.5 Å². The van der Waals surface area contributed by atoms with E-state index in [0.717, 1.165) is 19.3 Å². The smallest absolute Gasteiger partial charge is 0.549 e. The Morgan fingerprint density at radius 2 is 1.19 bits per heavy atom. The normalized spacial score (nSPS) is 10.5. The van der Waals surface area contributed by atoms with Crippen LogP contribution < -0.4 is 113 Å². The Balaban J connectivity index is 0. The Morgan fingerprint density at radius 3 is 1.62 bits per heavy atom. The number of hydrogen-bond donors (Lipinski definition) is 0. The first-order valence-corrected chi connectivity index (χ1v) is 9.04. The number of benzene rings is 1. The van der Waals surface area contributed by atoms with Gasteiger partial charge in [-0.1, -0.05) is 95.0 Å². The summed E-state index contributed by atoms with van der Waals surface area (Å²) in [6.45, 7) is 2.19. The van der Waals surface area contributed by atoms with Crippen LogP contribution in [0.5, 0.6) is 0 Å². The Labute approximate surface area is 242 Å². The number of carbonyl (C=O) groups is 2. The molecule has 0 bridgehead atoms. The molecule has 0 atom stereocenters. The molecule has 4 nitrogen and oxygen atoms in total. The summed E-state index contributed by atoms with van der Waals surface area (Å²) >= 11 is 0. The first-order valence-electron chi connectivity index (χ1n) is 9.04. The van der Waals surface area contributed by atoms with E-state index in [0.29, 0.717) is 6.42 Å². The third kappa shape index (κ3) is 9.76. The molecule has 1 rings (SSSR count). The first kappa shape index (κ1) is 29.6. The molecule has 0 aliphatic heterocycles. The van der Waals surface area contributed by atoms with E-state index in [1.165, 1.54) is 44.2 Å². The molecular weight excluding hydrogens is 382 g/mol. The number of carboxylic acids is 2. The molecule has 0 saturated carbocycles. The Hall–Kier alpha value is 1.43. The van der Waals surface area contributed by atoms with E-state index in [9.17, 15) is 19.8 Å². The Morgan fingerprint density at radius 1 is 0.769 bits per heavy atom. The van der Waals surface area contributed by atoms with Crippen molar-refractivity contribution in [3.05, 3.63) is 35.9 Å². The van der Waals surface area contributed by atoms with Crippen LogP contribution in [0.1, 0.15) is 76.7 Å². The number of aliphatic carboxylic acids is 2. The Kier molecular flexibility index (Phi) is 19.7. The van der Waals surface area contributed by atoms with Gasteiger partial charge in [-0.25, -0.2) is 0 Å². The van der Waals surface area contributed by atoms with Gasteiger partial charge in [0.05, 0.1) is 17.4 Å². The van der Waals surface area contributed by atoms with Crippen molar-refractivity contribution in [1.29, 1.82) is 0 Å². The molecule has 0 aliphatic rings. The fourth-order valence-corrected chi connectivity index (χ4v) is 3.09. The maximum atomic E-state index is 11.6. The molecule has 0 fully saturated rings. The summed E-state index contributed by atoms with van der Waals surface area (Å²) in [4.78, 5) is 23.2. The molecule has 0 saturated heterocycles. The third-order valence-electron chi connectivity index (χ3n) is 4.62. The molecule has 134 valence electrons. The molecule has 1 aromatic carbocycles. The van der Waals surface area contributed by atoms with Gasteiger partial charge in [-0.15, -0.1) is 0 Å². The van der Waals surface area contributed by atoms with Crippen molar-refractivity contribution in [3.63, 3.8) is 0 Å². The zero-order valence-corrected chi connectivity index (χ0v) is 22.8. The SMILES string of the molecule is CCCCCCCCCCCC(C(=O)[O-])(C(=O)[O-])c1ccccc1.[K+].[K+]. The second kappa shape index (κ2) is 17.3. The molecule has 0 aromatic heterocycles. The van der Waals surface area contributed by atoms with E-state index in [4.69, 9.17) is 0 Å². The summed E-state index contributed by atoms with van der Waals surface area (Å²) in [5.74, 6) is -3.18. The summed E-state index contributed by atoms with van der Waals surface area (Å²) in [5, 5.41) is 23.2. The van der Waals surface area contributed by atoms with Crippen LogP contribution in [0.3, 0.4) is 0 Å². The number of rotatable bonds is 13. The fraction of sp³-hybridized carbons (Fsp3) is 0.600. The molecular formula is C20H28K2O4. The van der Waals surface area contributed by atoms with Gasteiger partial charge in [-0.05, 0) is 12.0 Å². The van der Waals surface area contributed by atoms with E-state index in [-0.39, 0.29) is 115 Å². The van der Waals surface area contributed by atoms with Crippen molar-refractivity contribution in [2.75, 3.05) is 0 Å². The fourth-order valence-electron chi connectivity index (χ4n) is 3.09. The van der Waals surface area contributed by atoms with Gasteiger partial charge in [-0.3, -0.25) is 0 Å². The molecule has 0 N–H and O–H groups in total. The summed E-state index contributed by atoms with van der Waals surface area (Å²) in [6, 6.07) is 8.01. The van der Waals surface area contributed by atoms with Crippen LogP contribution in [0.4, 0.5) is 0 Å². The van der Waals surface area contributed by atoms with Crippen molar-refractivity contribution in [1.82, 2.24) is 0 Å². The van der Waals surface area contributed by atoms with Crippen molar-refractivity contribution in [2.24, 2.45) is 0 Å². The minimum Gasteiger partial charge on any atom is -0.549 e. The summed E-state index contributed by atoms with van der Waals surface area (Å²) < 4.78 is 0. The predicted molar refractivity (Wildman–Crippen MR) is 90.0 cm³/mol. The molecule has 0 radical (unpaired) electrons. The van der Waals surface area contributed by atoms with Gasteiger partial charge in [0.2, 0.25) is 0 Å². The number of hydrogen-bond acceptors (Lipinski definition) is 4. The summed E-state index contributed by atoms with van der Waals surface area (Å²) in [6.07, 6.45) is 9.67. The van der Waals surface area contributed by atoms with Crippen molar-refractivity contribution >= 4 is 11.9 Å². The van der Waals surface area contributed by atoms with Crippen LogP contribution in [0.2, 0.25) is 0 Å². The zero-order valence-electron chi connectivity index (χ0n) is 16.6. The van der Waals surface area contributed by atoms with Gasteiger partial charge in [0.15, 0.2) is 0 Å². The molecule has 26 heavy (non-hydrogen) atoms. The zero-order chi connectivity index (χ0) is 17.8. The summed E-state index contributed by atoms with van der Waals surface area (Å²) in [7, 11) is 0. The maximum Gasteiger partial charge on any atom is 1.00 e. The second-order valence-electron chi connectivity index (χ2n) is 6.42. The first-order chi connectivity index (χ1) is 11.6. The van der Waals surface area contributed by atoms with Gasteiger partial charge >= 0.3 is 103 Å².